The van der Waals surface area contributed by atoms with Crippen molar-refractivity contribution in [1.29, 1.82) is 0 Å². The fourth-order valence-electron chi connectivity index (χ4n) is 7.21. The number of aliphatic carboxylic acids is 4. The molecular formula is C43H53IN10O13. The van der Waals surface area contributed by atoms with Gasteiger partial charge in [-0.2, -0.15) is 0 Å². The highest BCUT2D eigenvalue weighted by atomic mass is 127. The van der Waals surface area contributed by atoms with Crippen molar-refractivity contribution in [2.24, 2.45) is 15.0 Å². The molecule has 12 N–H and O–H groups in total. The van der Waals surface area contributed by atoms with Crippen LogP contribution in [0.15, 0.2) is 64.0 Å². The Morgan fingerprint density at radius 1 is 0.731 bits per heavy atom. The van der Waals surface area contributed by atoms with Gasteiger partial charge in [-0.15, -0.1) is 0 Å². The number of carbonyl (C=O) groups excluding carboxylic acids is 5. The van der Waals surface area contributed by atoms with E-state index >= 15 is 0 Å². The summed E-state index contributed by atoms with van der Waals surface area (Å²) in [5, 5.41) is 54.2. The number of unbranched alkanes of at least 4 members (excludes halogenated alkanes) is 1. The molecule has 1 aromatic heterocycles. The third-order valence-electron chi connectivity index (χ3n) is 10.9. The van der Waals surface area contributed by atoms with Crippen molar-refractivity contribution in [2.75, 3.05) is 18.5 Å². The van der Waals surface area contributed by atoms with Crippen LogP contribution in [0.25, 0.3) is 10.8 Å². The van der Waals surface area contributed by atoms with Crippen molar-refractivity contribution in [3.63, 3.8) is 0 Å². The lowest BCUT2D eigenvalue weighted by Gasteiger charge is -2.29. The molecule has 3 aromatic rings. The number of nitrogens with zero attached hydrogens (tertiary/aromatic N) is 2. The van der Waals surface area contributed by atoms with Crippen molar-refractivity contribution in [2.45, 2.75) is 88.4 Å². The number of hydrogen-bond acceptors (Lipinski definition) is 12. The Hall–Kier alpha value is -7.12. The minimum Gasteiger partial charge on any atom is -0.481 e. The minimum atomic E-state index is -1.88. The number of amides is 6. The fraction of sp³-hybridized carbons (Fsp3) is 0.419. The molecule has 0 bridgehead atoms. The molecule has 6 amide bonds. The molecular weight excluding hydrogens is 991 g/mol. The van der Waals surface area contributed by atoms with Gasteiger partial charge in [-0.3, -0.25) is 34.8 Å². The van der Waals surface area contributed by atoms with Crippen LogP contribution in [0.4, 0.5) is 10.6 Å². The maximum atomic E-state index is 13.7. The number of rotatable bonds is 26. The summed E-state index contributed by atoms with van der Waals surface area (Å²) in [5.74, 6) is -8.47. The van der Waals surface area contributed by atoms with Crippen molar-refractivity contribution in [3.05, 3.63) is 71.9 Å². The zero-order valence-electron chi connectivity index (χ0n) is 36.0. The van der Waals surface area contributed by atoms with Crippen molar-refractivity contribution in [1.82, 2.24) is 42.3 Å². The van der Waals surface area contributed by atoms with Gasteiger partial charge in [0.05, 0.1) is 28.4 Å². The van der Waals surface area contributed by atoms with E-state index in [9.17, 15) is 58.5 Å². The summed E-state index contributed by atoms with van der Waals surface area (Å²) in [5.41, 5.74) is 6.17. The number of benzene rings is 2. The first kappa shape index (κ1) is 52.5. The van der Waals surface area contributed by atoms with E-state index in [-0.39, 0.29) is 56.2 Å². The molecule has 1 fully saturated rings. The molecule has 23 nitrogen and oxygen atoms in total. The van der Waals surface area contributed by atoms with Gasteiger partial charge < -0.3 is 52.3 Å². The summed E-state index contributed by atoms with van der Waals surface area (Å²) in [6.45, 7) is 0.196. The molecule has 0 saturated heterocycles. The second kappa shape index (κ2) is 26.7. The third-order valence-corrected chi connectivity index (χ3v) is 11.1. The molecule has 1 aliphatic rings. The van der Waals surface area contributed by atoms with Gasteiger partial charge >= 0.3 is 29.9 Å². The number of pyridine rings is 1. The summed E-state index contributed by atoms with van der Waals surface area (Å²) < 4.78 is 3.71. The smallest absolute Gasteiger partial charge is 0.336 e. The highest BCUT2D eigenvalue weighted by molar-refractivity contribution is 14.1. The van der Waals surface area contributed by atoms with Crippen LogP contribution in [0.3, 0.4) is 0 Å². The molecule has 2 aromatic carbocycles. The number of aromatic nitrogens is 1. The minimum absolute atomic E-state index is 0.0232. The van der Waals surface area contributed by atoms with E-state index in [4.69, 9.17) is 5.11 Å². The number of carboxylic acid groups (broad SMARTS) is 4. The van der Waals surface area contributed by atoms with Crippen LogP contribution in [0, 0.1) is 11.8 Å². The predicted molar refractivity (Wildman–Crippen MR) is 249 cm³/mol. The summed E-state index contributed by atoms with van der Waals surface area (Å²) in [4.78, 5) is 116. The van der Waals surface area contributed by atoms with E-state index in [1.807, 2.05) is 42.5 Å². The highest BCUT2D eigenvalue weighted by Crippen LogP contribution is 2.29. The molecule has 0 radical (unpaired) electrons. The van der Waals surface area contributed by atoms with E-state index in [2.05, 4.69) is 50.9 Å². The molecule has 4 unspecified atom stereocenters. The van der Waals surface area contributed by atoms with Crippen LogP contribution < -0.4 is 42.8 Å². The van der Waals surface area contributed by atoms with Gasteiger partial charge in [0.2, 0.25) is 17.9 Å². The molecule has 4 atom stereocenters. The second-order valence-electron chi connectivity index (χ2n) is 15.7. The van der Waals surface area contributed by atoms with Gasteiger partial charge in [0.15, 0.2) is 0 Å². The maximum Gasteiger partial charge on any atom is 0.336 e. The summed E-state index contributed by atoms with van der Waals surface area (Å²) >= 11 is 1.76. The first-order valence-corrected chi connectivity index (χ1v) is 22.2. The fourth-order valence-corrected chi connectivity index (χ4v) is 7.35. The van der Waals surface area contributed by atoms with E-state index in [1.54, 1.807) is 22.9 Å². The number of carboxylic acids is 4. The monoisotopic (exact) mass is 1040 g/mol. The van der Waals surface area contributed by atoms with E-state index < -0.39 is 90.6 Å². The van der Waals surface area contributed by atoms with E-state index in [0.29, 0.717) is 31.5 Å². The second-order valence-corrected chi connectivity index (χ2v) is 16.3. The molecule has 0 aliphatic heterocycles. The Bertz CT molecular complexity index is 2270. The van der Waals surface area contributed by atoms with Gasteiger partial charge in [0, 0.05) is 38.0 Å². The number of urea groups is 1. The summed E-state index contributed by atoms with van der Waals surface area (Å²) in [7, 11) is 0. The van der Waals surface area contributed by atoms with Crippen LogP contribution in [0.5, 0.6) is 0 Å². The Morgan fingerprint density at radius 3 is 2.04 bits per heavy atom. The average Bonchev–Trinajstić information content (AvgIpc) is 3.30. The molecule has 1 heterocycles. The van der Waals surface area contributed by atoms with Crippen molar-refractivity contribution in [3.8, 4) is 0 Å². The molecule has 0 spiro atoms. The summed E-state index contributed by atoms with van der Waals surface area (Å²) in [6, 6.07) is 9.30. The van der Waals surface area contributed by atoms with Gasteiger partial charge in [-0.05, 0) is 85.8 Å². The van der Waals surface area contributed by atoms with Crippen LogP contribution in [0.2, 0.25) is 0 Å². The molecule has 24 heteroatoms. The SMILES string of the molecule is O=C(O)CCC(NC(=O)NC(CCCCNC(=O)C(Cc1ccc2ccccc2c1)NC(=O)C1CCC(CNC(=O)C(NC(=O)c2ccc(NNC=NI)nc2)C(=O)O)CC1)C(=O)O)C(=O)O. The summed E-state index contributed by atoms with van der Waals surface area (Å²) in [6.07, 6.45) is 4.06. The zero-order valence-corrected chi connectivity index (χ0v) is 38.2. The largest absolute Gasteiger partial charge is 0.481 e. The number of anilines is 1. The lowest BCUT2D eigenvalue weighted by Crippen LogP contribution is -2.52. The lowest BCUT2D eigenvalue weighted by atomic mass is 9.81. The normalized spacial score (nSPS) is 16.3. The number of hydrazine groups is 1. The van der Waals surface area contributed by atoms with Gasteiger partial charge in [0.25, 0.3) is 11.8 Å². The van der Waals surface area contributed by atoms with E-state index in [0.717, 1.165) is 16.3 Å². The lowest BCUT2D eigenvalue weighted by molar-refractivity contribution is -0.144. The zero-order chi connectivity index (χ0) is 48.9. The van der Waals surface area contributed by atoms with Crippen LogP contribution in [-0.2, 0) is 40.0 Å². The number of carbonyl (C=O) groups is 9. The molecule has 67 heavy (non-hydrogen) atoms. The number of hydrogen-bond donors (Lipinski definition) is 12. The average molecular weight is 1040 g/mol. The van der Waals surface area contributed by atoms with Crippen LogP contribution >= 0.6 is 22.9 Å². The van der Waals surface area contributed by atoms with E-state index in [1.165, 1.54) is 24.7 Å². The topological polar surface area (TPSA) is 356 Å². The quantitative estimate of drug-likeness (QED) is 0.0136. The first-order chi connectivity index (χ1) is 32.0. The standard InChI is InChI=1S/C43H53IN10O13/c44-48-23-49-54-33-16-14-29(22-46-33)37(58)53-35(42(65)66)39(60)47-21-24-8-12-27(13-9-24)36(57)50-32(20-25-10-11-26-5-1-2-6-28(26)19-25)38(59)45-18-4-3-7-30(40(61)62)51-43(67)52-31(41(63)64)15-17-34(55)56/h1-2,5-6,10-11,14,16,19,22-24,27,30-32,35H,3-4,7-9,12-13,15,17-18,20-21H2,(H,45,59)(H,46,54)(H,47,60)(H,48,49)(H,50,57)(H,53,58)(H,55,56)(H,61,62)(H,63,64)(H,65,66)(H2,51,52,67). The first-order valence-electron chi connectivity index (χ1n) is 21.3. The number of halogens is 1. The molecule has 360 valence electrons. The highest BCUT2D eigenvalue weighted by Gasteiger charge is 2.33. The van der Waals surface area contributed by atoms with Crippen molar-refractivity contribution < 1.29 is 63.6 Å². The van der Waals surface area contributed by atoms with Gasteiger partial charge in [0.1, 0.15) is 30.3 Å². The number of nitrogens with one attached hydrogen (secondary N) is 8. The maximum absolute atomic E-state index is 13.7. The molecule has 4 rings (SSSR count). The Balaban J connectivity index is 1.28. The molecule has 1 aliphatic carbocycles. The Labute approximate surface area is 397 Å². The Kier molecular flexibility index (Phi) is 21.0. The van der Waals surface area contributed by atoms with Gasteiger partial charge in [-0.25, -0.2) is 27.4 Å². The van der Waals surface area contributed by atoms with Crippen LogP contribution in [-0.4, -0.2) is 123 Å². The predicted octanol–water partition coefficient (Wildman–Crippen LogP) is 1.72. The molecule has 1 saturated carbocycles. The van der Waals surface area contributed by atoms with Gasteiger partial charge in [-0.1, -0.05) is 42.5 Å². The number of fused-ring (bicyclic) bond motifs is 1. The van der Waals surface area contributed by atoms with Crippen LogP contribution in [0.1, 0.15) is 73.7 Å². The Morgan fingerprint density at radius 2 is 1.42 bits per heavy atom. The third kappa shape index (κ3) is 17.7. The van der Waals surface area contributed by atoms with Crippen molar-refractivity contribution >= 4 is 99.3 Å².